The normalized spacial score (nSPS) is 19.8. The summed E-state index contributed by atoms with van der Waals surface area (Å²) in [4.78, 5) is 16.5. The zero-order valence-electron chi connectivity index (χ0n) is 14.8. The van der Waals surface area contributed by atoms with E-state index in [0.717, 1.165) is 11.3 Å². The summed E-state index contributed by atoms with van der Waals surface area (Å²) in [6.45, 7) is 2.94. The smallest absolute Gasteiger partial charge is 0.220 e. The van der Waals surface area contributed by atoms with Crippen LogP contribution in [0.3, 0.4) is 0 Å². The zero-order chi connectivity index (χ0) is 18.4. The van der Waals surface area contributed by atoms with E-state index in [-0.39, 0.29) is 23.9 Å². The highest BCUT2D eigenvalue weighted by Crippen LogP contribution is 2.18. The van der Waals surface area contributed by atoms with Crippen LogP contribution in [0.1, 0.15) is 24.1 Å². The van der Waals surface area contributed by atoms with Crippen LogP contribution in [0.25, 0.3) is 0 Å². The molecule has 1 aliphatic heterocycles. The van der Waals surface area contributed by atoms with Crippen molar-refractivity contribution in [3.8, 4) is 5.75 Å². The lowest BCUT2D eigenvalue weighted by atomic mass is 10.1. The zero-order valence-corrected chi connectivity index (χ0v) is 14.8. The summed E-state index contributed by atoms with van der Waals surface area (Å²) in [5.74, 6) is 0.344. The molecule has 0 bridgehead atoms. The monoisotopic (exact) mass is 358 g/mol. The molecule has 2 heterocycles. The number of rotatable bonds is 6. The van der Waals surface area contributed by atoms with Crippen molar-refractivity contribution >= 4 is 5.91 Å². The molecule has 1 saturated heterocycles. The molecule has 1 N–H and O–H groups in total. The van der Waals surface area contributed by atoms with E-state index < -0.39 is 0 Å². The van der Waals surface area contributed by atoms with E-state index in [4.69, 9.17) is 9.47 Å². The summed E-state index contributed by atoms with van der Waals surface area (Å²) in [5.41, 5.74) is 1.86. The Bertz CT molecular complexity index is 719. The molecule has 0 radical (unpaired) electrons. The average Bonchev–Trinajstić information content (AvgIpc) is 2.65. The minimum Gasteiger partial charge on any atom is -0.486 e. The molecule has 0 spiro atoms. The van der Waals surface area contributed by atoms with Crippen LogP contribution in [0.5, 0.6) is 5.75 Å². The number of carbonyl (C=O) groups excluding carboxylic acids is 1. The highest BCUT2D eigenvalue weighted by atomic mass is 19.1. The number of aryl methyl sites for hydroxylation is 2. The van der Waals surface area contributed by atoms with Crippen LogP contribution >= 0.6 is 0 Å². The van der Waals surface area contributed by atoms with Gasteiger partial charge >= 0.3 is 0 Å². The quantitative estimate of drug-likeness (QED) is 0.863. The lowest BCUT2D eigenvalue weighted by molar-refractivity contribution is -0.124. The third kappa shape index (κ3) is 5.26. The topological polar surface area (TPSA) is 60.5 Å². The summed E-state index contributed by atoms with van der Waals surface area (Å²) in [6, 6.07) is 9.77. The van der Waals surface area contributed by atoms with Crippen molar-refractivity contribution in [2.75, 3.05) is 13.2 Å². The van der Waals surface area contributed by atoms with Crippen LogP contribution in [0.2, 0.25) is 0 Å². The van der Waals surface area contributed by atoms with E-state index in [9.17, 15) is 9.18 Å². The molecule has 1 aromatic carbocycles. The minimum absolute atomic E-state index is 0.0690. The number of nitrogens with one attached hydrogen (secondary N) is 1. The molecule has 138 valence electrons. The second-order valence-electron chi connectivity index (χ2n) is 6.46. The summed E-state index contributed by atoms with van der Waals surface area (Å²) >= 11 is 0. The summed E-state index contributed by atoms with van der Waals surface area (Å²) < 4.78 is 24.4. The minimum atomic E-state index is -0.275. The molecule has 1 aliphatic rings. The van der Waals surface area contributed by atoms with Crippen molar-refractivity contribution < 1.29 is 18.7 Å². The van der Waals surface area contributed by atoms with Gasteiger partial charge in [0, 0.05) is 18.5 Å². The Labute approximate surface area is 152 Å². The lowest BCUT2D eigenvalue weighted by Gasteiger charge is -2.32. The van der Waals surface area contributed by atoms with Gasteiger partial charge in [-0.05, 0) is 43.2 Å². The van der Waals surface area contributed by atoms with Crippen molar-refractivity contribution in [1.82, 2.24) is 10.3 Å². The molecule has 26 heavy (non-hydrogen) atoms. The van der Waals surface area contributed by atoms with Gasteiger partial charge in [0.25, 0.3) is 0 Å². The van der Waals surface area contributed by atoms with Gasteiger partial charge in [0.05, 0.1) is 25.5 Å². The van der Waals surface area contributed by atoms with Gasteiger partial charge in [0.2, 0.25) is 5.91 Å². The summed E-state index contributed by atoms with van der Waals surface area (Å²) in [5, 5.41) is 3.00. The van der Waals surface area contributed by atoms with Crippen LogP contribution in [0.15, 0.2) is 42.6 Å². The van der Waals surface area contributed by atoms with E-state index in [1.807, 2.05) is 19.1 Å². The van der Waals surface area contributed by atoms with Crippen molar-refractivity contribution in [1.29, 1.82) is 0 Å². The first kappa shape index (κ1) is 18.3. The van der Waals surface area contributed by atoms with Crippen LogP contribution in [0, 0.1) is 12.7 Å². The van der Waals surface area contributed by atoms with Crippen molar-refractivity contribution in [3.63, 3.8) is 0 Å². The van der Waals surface area contributed by atoms with E-state index in [0.29, 0.717) is 38.2 Å². The molecular weight excluding hydrogens is 335 g/mol. The van der Waals surface area contributed by atoms with Crippen molar-refractivity contribution in [2.45, 2.75) is 38.3 Å². The predicted octanol–water partition coefficient (Wildman–Crippen LogP) is 2.81. The van der Waals surface area contributed by atoms with E-state index in [1.165, 1.54) is 12.1 Å². The average molecular weight is 358 g/mol. The second-order valence-corrected chi connectivity index (χ2v) is 6.46. The SMILES string of the molecule is Cc1ccc(O[C@H]2CCOC[C@H]2NC(=O)CCc2ccc(F)cc2)cn1. The number of halogens is 1. The number of pyridine rings is 1. The van der Waals surface area contributed by atoms with Crippen LogP contribution in [-0.4, -0.2) is 36.3 Å². The highest BCUT2D eigenvalue weighted by Gasteiger charge is 2.29. The van der Waals surface area contributed by atoms with Gasteiger partial charge in [-0.3, -0.25) is 9.78 Å². The van der Waals surface area contributed by atoms with Gasteiger partial charge in [0.1, 0.15) is 17.7 Å². The van der Waals surface area contributed by atoms with Crippen molar-refractivity contribution in [3.05, 3.63) is 59.7 Å². The first-order chi connectivity index (χ1) is 12.6. The molecule has 1 amide bonds. The van der Waals surface area contributed by atoms with Gasteiger partial charge in [-0.1, -0.05) is 12.1 Å². The number of hydrogen-bond acceptors (Lipinski definition) is 4. The molecule has 1 fully saturated rings. The number of benzene rings is 1. The number of amides is 1. The maximum atomic E-state index is 12.9. The first-order valence-corrected chi connectivity index (χ1v) is 8.81. The van der Waals surface area contributed by atoms with Crippen LogP contribution in [0.4, 0.5) is 4.39 Å². The highest BCUT2D eigenvalue weighted by molar-refractivity contribution is 5.76. The number of nitrogens with zero attached hydrogens (tertiary/aromatic N) is 1. The summed E-state index contributed by atoms with van der Waals surface area (Å²) in [7, 11) is 0. The fraction of sp³-hybridized carbons (Fsp3) is 0.400. The van der Waals surface area contributed by atoms with E-state index in [2.05, 4.69) is 10.3 Å². The van der Waals surface area contributed by atoms with Gasteiger partial charge in [-0.2, -0.15) is 0 Å². The number of aromatic nitrogens is 1. The third-order valence-electron chi connectivity index (χ3n) is 4.36. The fourth-order valence-electron chi connectivity index (χ4n) is 2.88. The molecule has 1 aromatic heterocycles. The lowest BCUT2D eigenvalue weighted by Crippen LogP contribution is -2.51. The Hall–Kier alpha value is -2.47. The maximum absolute atomic E-state index is 12.9. The van der Waals surface area contributed by atoms with Crippen molar-refractivity contribution in [2.24, 2.45) is 0 Å². The molecule has 5 nitrogen and oxygen atoms in total. The standard InChI is InChI=1S/C20H23FN2O3/c1-14-2-8-17(12-22-14)26-19-10-11-25-13-18(19)23-20(24)9-5-15-3-6-16(21)7-4-15/h2-4,6-8,12,18-19H,5,9-11,13H2,1H3,(H,23,24)/t18-,19+/m1/s1. The molecule has 6 heteroatoms. The molecule has 0 saturated carbocycles. The van der Waals surface area contributed by atoms with Gasteiger partial charge < -0.3 is 14.8 Å². The number of carbonyl (C=O) groups is 1. The van der Waals surface area contributed by atoms with Gasteiger partial charge in [0.15, 0.2) is 0 Å². The molecule has 2 atom stereocenters. The van der Waals surface area contributed by atoms with Crippen LogP contribution < -0.4 is 10.1 Å². The second kappa shape index (κ2) is 8.76. The molecular formula is C20H23FN2O3. The number of ether oxygens (including phenoxy) is 2. The molecule has 0 aliphatic carbocycles. The Balaban J connectivity index is 1.52. The Morgan fingerprint density at radius 1 is 1.31 bits per heavy atom. The van der Waals surface area contributed by atoms with Gasteiger partial charge in [-0.15, -0.1) is 0 Å². The largest absolute Gasteiger partial charge is 0.486 e. The van der Waals surface area contributed by atoms with E-state index in [1.54, 1.807) is 18.3 Å². The Kier molecular flexibility index (Phi) is 6.17. The maximum Gasteiger partial charge on any atom is 0.220 e. The predicted molar refractivity (Wildman–Crippen MR) is 95.5 cm³/mol. The van der Waals surface area contributed by atoms with E-state index >= 15 is 0 Å². The first-order valence-electron chi connectivity index (χ1n) is 8.81. The summed E-state index contributed by atoms with van der Waals surface area (Å²) in [6.07, 6.45) is 3.14. The molecule has 2 aromatic rings. The van der Waals surface area contributed by atoms with Crippen LogP contribution in [-0.2, 0) is 16.0 Å². The Morgan fingerprint density at radius 2 is 2.12 bits per heavy atom. The fourth-order valence-corrected chi connectivity index (χ4v) is 2.88. The molecule has 0 unspecified atom stereocenters. The number of hydrogen-bond donors (Lipinski definition) is 1. The third-order valence-corrected chi connectivity index (χ3v) is 4.36. The van der Waals surface area contributed by atoms with Gasteiger partial charge in [-0.25, -0.2) is 4.39 Å². The molecule has 3 rings (SSSR count). The Morgan fingerprint density at radius 3 is 2.85 bits per heavy atom.